The molecular formula is C21H25N7O2. The van der Waals surface area contributed by atoms with Gasteiger partial charge in [-0.05, 0) is 39.3 Å². The Morgan fingerprint density at radius 2 is 2.00 bits per heavy atom. The van der Waals surface area contributed by atoms with Crippen LogP contribution in [0.15, 0.2) is 28.9 Å². The number of aromatic nitrogens is 6. The Bertz CT molecular complexity index is 1200. The molecule has 4 heterocycles. The zero-order valence-corrected chi connectivity index (χ0v) is 17.6. The number of amides is 1. The third-order valence-electron chi connectivity index (χ3n) is 5.04. The molecule has 0 aromatic carbocycles. The van der Waals surface area contributed by atoms with Crippen molar-refractivity contribution >= 4 is 22.8 Å². The number of carbonyl (C=O) groups is 1. The molecule has 0 atom stereocenters. The van der Waals surface area contributed by atoms with E-state index in [2.05, 4.69) is 32.6 Å². The van der Waals surface area contributed by atoms with Crippen LogP contribution >= 0.6 is 0 Å². The highest BCUT2D eigenvalue weighted by Gasteiger charge is 2.21. The summed E-state index contributed by atoms with van der Waals surface area (Å²) in [6.07, 6.45) is 3.99. The van der Waals surface area contributed by atoms with Gasteiger partial charge >= 0.3 is 0 Å². The average Bonchev–Trinajstić information content (AvgIpc) is 3.45. The molecular weight excluding hydrogens is 382 g/mol. The van der Waals surface area contributed by atoms with Crippen molar-refractivity contribution in [2.75, 3.05) is 5.32 Å². The highest BCUT2D eigenvalue weighted by Crippen LogP contribution is 2.27. The largest absolute Gasteiger partial charge is 0.335 e. The Kier molecular flexibility index (Phi) is 5.35. The number of nitrogens with one attached hydrogen (secondary N) is 1. The van der Waals surface area contributed by atoms with Crippen LogP contribution in [0.1, 0.15) is 48.4 Å². The maximum atomic E-state index is 13.2. The normalized spacial score (nSPS) is 11.3. The fraction of sp³-hybridized carbons (Fsp3) is 0.381. The molecule has 156 valence electrons. The zero-order valence-electron chi connectivity index (χ0n) is 17.6. The van der Waals surface area contributed by atoms with Crippen molar-refractivity contribution in [1.82, 2.24) is 29.7 Å². The van der Waals surface area contributed by atoms with Gasteiger partial charge in [0.2, 0.25) is 0 Å². The molecule has 4 aromatic rings. The van der Waals surface area contributed by atoms with Crippen molar-refractivity contribution in [3.05, 3.63) is 41.3 Å². The van der Waals surface area contributed by atoms with Crippen LogP contribution in [-0.2, 0) is 13.1 Å². The van der Waals surface area contributed by atoms with Gasteiger partial charge in [0.25, 0.3) is 11.6 Å². The maximum Gasteiger partial charge on any atom is 0.259 e. The van der Waals surface area contributed by atoms with Gasteiger partial charge in [0.15, 0.2) is 5.82 Å². The maximum absolute atomic E-state index is 13.2. The van der Waals surface area contributed by atoms with Gasteiger partial charge in [0, 0.05) is 31.0 Å². The standard InChI is InChI=1S/C21H25N7O2/c1-5-7-9-28-13(3)11-18(25-28)23-20(29)15-12-17(16-8-10-27(6-2)24-16)22-21-19(15)14(4)26-30-21/h8,10-12H,5-7,9H2,1-4H3,(H,23,25,29). The first-order valence-corrected chi connectivity index (χ1v) is 10.2. The Labute approximate surface area is 174 Å². The monoisotopic (exact) mass is 407 g/mol. The number of unbranched alkanes of at least 4 members (excludes halogenated alkanes) is 1. The van der Waals surface area contributed by atoms with E-state index in [4.69, 9.17) is 4.52 Å². The van der Waals surface area contributed by atoms with E-state index < -0.39 is 0 Å². The van der Waals surface area contributed by atoms with Gasteiger partial charge in [-0.1, -0.05) is 18.5 Å². The van der Waals surface area contributed by atoms with Gasteiger partial charge in [0.05, 0.1) is 22.3 Å². The van der Waals surface area contributed by atoms with Gasteiger partial charge in [-0.2, -0.15) is 10.2 Å². The van der Waals surface area contributed by atoms with Crippen molar-refractivity contribution in [2.45, 2.75) is 53.6 Å². The first kappa shape index (κ1) is 19.8. The molecule has 0 spiro atoms. The summed E-state index contributed by atoms with van der Waals surface area (Å²) in [6, 6.07) is 5.46. The van der Waals surface area contributed by atoms with Gasteiger partial charge in [-0.25, -0.2) is 4.98 Å². The highest BCUT2D eigenvalue weighted by atomic mass is 16.5. The fourth-order valence-corrected chi connectivity index (χ4v) is 3.37. The summed E-state index contributed by atoms with van der Waals surface area (Å²) < 4.78 is 9.07. The number of pyridine rings is 1. The number of anilines is 1. The quantitative estimate of drug-likeness (QED) is 0.497. The summed E-state index contributed by atoms with van der Waals surface area (Å²) in [6.45, 7) is 9.49. The van der Waals surface area contributed by atoms with Gasteiger partial charge < -0.3 is 9.84 Å². The summed E-state index contributed by atoms with van der Waals surface area (Å²) in [7, 11) is 0. The molecule has 0 aliphatic heterocycles. The summed E-state index contributed by atoms with van der Waals surface area (Å²) >= 11 is 0. The van der Waals surface area contributed by atoms with Crippen LogP contribution < -0.4 is 5.32 Å². The van der Waals surface area contributed by atoms with E-state index in [0.29, 0.717) is 39.6 Å². The van der Waals surface area contributed by atoms with Gasteiger partial charge in [-0.15, -0.1) is 0 Å². The Morgan fingerprint density at radius 1 is 1.17 bits per heavy atom. The number of rotatable bonds is 7. The van der Waals surface area contributed by atoms with Crippen molar-refractivity contribution < 1.29 is 9.32 Å². The van der Waals surface area contributed by atoms with E-state index in [1.807, 2.05) is 36.9 Å². The molecule has 0 bridgehead atoms. The lowest BCUT2D eigenvalue weighted by molar-refractivity contribution is 0.102. The third kappa shape index (κ3) is 3.70. The van der Waals surface area contributed by atoms with E-state index in [1.54, 1.807) is 17.7 Å². The van der Waals surface area contributed by atoms with Crippen LogP contribution in [0.3, 0.4) is 0 Å². The second kappa shape index (κ2) is 8.10. The Balaban J connectivity index is 1.70. The van der Waals surface area contributed by atoms with Crippen molar-refractivity contribution in [3.8, 4) is 11.4 Å². The first-order chi connectivity index (χ1) is 14.5. The SMILES string of the molecule is CCCCn1nc(NC(=O)c2cc(-c3ccn(CC)n3)nc3onc(C)c23)cc1C. The second-order valence-corrected chi connectivity index (χ2v) is 7.26. The van der Waals surface area contributed by atoms with E-state index in [-0.39, 0.29) is 5.91 Å². The summed E-state index contributed by atoms with van der Waals surface area (Å²) in [5.41, 5.74) is 3.58. The second-order valence-electron chi connectivity index (χ2n) is 7.26. The molecule has 30 heavy (non-hydrogen) atoms. The summed E-state index contributed by atoms with van der Waals surface area (Å²) in [5.74, 6) is 0.231. The van der Waals surface area contributed by atoms with E-state index in [1.165, 1.54) is 0 Å². The molecule has 4 aromatic heterocycles. The average molecular weight is 407 g/mol. The lowest BCUT2D eigenvalue weighted by Crippen LogP contribution is -2.14. The number of nitrogens with zero attached hydrogens (tertiary/aromatic N) is 6. The first-order valence-electron chi connectivity index (χ1n) is 10.2. The molecule has 0 saturated carbocycles. The lowest BCUT2D eigenvalue weighted by atomic mass is 10.1. The lowest BCUT2D eigenvalue weighted by Gasteiger charge is -2.06. The molecule has 0 unspecified atom stereocenters. The van der Waals surface area contributed by atoms with Gasteiger partial charge in [0.1, 0.15) is 5.69 Å². The molecule has 0 radical (unpaired) electrons. The Hall–Kier alpha value is -3.49. The fourth-order valence-electron chi connectivity index (χ4n) is 3.37. The molecule has 0 saturated heterocycles. The van der Waals surface area contributed by atoms with Crippen molar-refractivity contribution in [3.63, 3.8) is 0 Å². The van der Waals surface area contributed by atoms with Crippen LogP contribution in [-0.4, -0.2) is 35.6 Å². The topological polar surface area (TPSA) is 104 Å². The van der Waals surface area contributed by atoms with Crippen LogP contribution in [0, 0.1) is 13.8 Å². The van der Waals surface area contributed by atoms with E-state index >= 15 is 0 Å². The molecule has 1 N–H and O–H groups in total. The molecule has 0 fully saturated rings. The number of fused-ring (bicyclic) bond motifs is 1. The van der Waals surface area contributed by atoms with Crippen LogP contribution in [0.2, 0.25) is 0 Å². The van der Waals surface area contributed by atoms with Gasteiger partial charge in [-0.3, -0.25) is 14.2 Å². The van der Waals surface area contributed by atoms with Crippen molar-refractivity contribution in [2.24, 2.45) is 0 Å². The van der Waals surface area contributed by atoms with Crippen molar-refractivity contribution in [1.29, 1.82) is 0 Å². The molecule has 9 nitrogen and oxygen atoms in total. The minimum Gasteiger partial charge on any atom is -0.335 e. The number of aryl methyl sites for hydroxylation is 4. The zero-order chi connectivity index (χ0) is 21.3. The molecule has 0 aliphatic rings. The predicted octanol–water partition coefficient (Wildman–Crippen LogP) is 3.97. The van der Waals surface area contributed by atoms with E-state index in [0.717, 1.165) is 31.6 Å². The van der Waals surface area contributed by atoms with Crippen LogP contribution in [0.5, 0.6) is 0 Å². The molecule has 0 aliphatic carbocycles. The minimum absolute atomic E-state index is 0.287. The summed E-state index contributed by atoms with van der Waals surface area (Å²) in [5, 5.41) is 16.5. The highest BCUT2D eigenvalue weighted by molar-refractivity contribution is 6.12. The number of carbonyl (C=O) groups excluding carboxylic acids is 1. The third-order valence-corrected chi connectivity index (χ3v) is 5.04. The predicted molar refractivity (Wildman–Crippen MR) is 113 cm³/mol. The minimum atomic E-state index is -0.287. The smallest absolute Gasteiger partial charge is 0.259 e. The van der Waals surface area contributed by atoms with Crippen LogP contribution in [0.4, 0.5) is 5.82 Å². The summed E-state index contributed by atoms with van der Waals surface area (Å²) in [4.78, 5) is 17.7. The van der Waals surface area contributed by atoms with E-state index in [9.17, 15) is 4.79 Å². The number of hydrogen-bond donors (Lipinski definition) is 1. The Morgan fingerprint density at radius 3 is 2.73 bits per heavy atom. The molecule has 4 rings (SSSR count). The molecule has 9 heteroatoms. The van der Waals surface area contributed by atoms with Crippen LogP contribution in [0.25, 0.3) is 22.5 Å². The number of hydrogen-bond acceptors (Lipinski definition) is 6. The molecule has 1 amide bonds.